The summed E-state index contributed by atoms with van der Waals surface area (Å²) in [5.41, 5.74) is 1.35. The van der Waals surface area contributed by atoms with Crippen molar-refractivity contribution in [2.24, 2.45) is 0 Å². The van der Waals surface area contributed by atoms with Gasteiger partial charge in [0, 0.05) is 0 Å². The highest BCUT2D eigenvalue weighted by atomic mass is 16.6. The molecule has 3 aromatic rings. The van der Waals surface area contributed by atoms with Crippen molar-refractivity contribution in [3.8, 4) is 0 Å². The summed E-state index contributed by atoms with van der Waals surface area (Å²) in [7, 11) is 1.29. The first-order chi connectivity index (χ1) is 14.5. The molecule has 160 valence electrons. The number of rotatable bonds is 7. The first-order valence-electron chi connectivity index (χ1n) is 9.01. The van der Waals surface area contributed by atoms with Crippen LogP contribution in [0.3, 0.4) is 0 Å². The number of carbonyl (C=O) groups excluding carboxylic acids is 1. The molecule has 4 heterocycles. The van der Waals surface area contributed by atoms with Crippen LogP contribution in [-0.4, -0.2) is 87.8 Å². The van der Waals surface area contributed by atoms with Gasteiger partial charge in [0.2, 0.25) is 0 Å². The number of methoxy groups -OCH3 is 1. The number of nitrogens with one attached hydrogen (secondary N) is 1. The number of fused-ring (bicyclic) bond motifs is 1. The number of hydrogen-bond donors (Lipinski definition) is 4. The number of esters is 1. The monoisotopic (exact) mass is 420 g/mol. The number of nitrogens with zero attached hydrogens (tertiary/aromatic N) is 7. The van der Waals surface area contributed by atoms with Crippen LogP contribution >= 0.6 is 0 Å². The quantitative estimate of drug-likeness (QED) is 0.303. The molecule has 0 radical (unpaired) electrons. The van der Waals surface area contributed by atoms with E-state index in [0.29, 0.717) is 22.7 Å². The SMILES string of the molecule is COC(=O)Cn1cc(CNc2ncnc3c2ncn3[C@@H]2O[C@@H](CO)[C@H](O)[C@@H]2O)nn1. The number of aliphatic hydroxyl groups is 3. The Labute approximate surface area is 169 Å². The molecule has 0 aliphatic carbocycles. The van der Waals surface area contributed by atoms with Crippen molar-refractivity contribution in [1.82, 2.24) is 34.5 Å². The van der Waals surface area contributed by atoms with Crippen LogP contribution < -0.4 is 5.32 Å². The van der Waals surface area contributed by atoms with Crippen LogP contribution in [-0.2, 0) is 27.4 Å². The van der Waals surface area contributed by atoms with Gasteiger partial charge in [-0.15, -0.1) is 5.10 Å². The molecule has 14 heteroatoms. The van der Waals surface area contributed by atoms with Gasteiger partial charge in [-0.2, -0.15) is 0 Å². The predicted molar refractivity (Wildman–Crippen MR) is 97.7 cm³/mol. The largest absolute Gasteiger partial charge is 0.468 e. The molecule has 4 N–H and O–H groups in total. The minimum Gasteiger partial charge on any atom is -0.468 e. The van der Waals surface area contributed by atoms with E-state index in [9.17, 15) is 20.1 Å². The summed E-state index contributed by atoms with van der Waals surface area (Å²) in [6, 6.07) is 0. The first-order valence-corrected chi connectivity index (χ1v) is 9.01. The second-order valence-electron chi connectivity index (χ2n) is 6.61. The molecule has 1 saturated heterocycles. The molecular formula is C16H20N8O6. The highest BCUT2D eigenvalue weighted by Crippen LogP contribution is 2.32. The Morgan fingerprint density at radius 1 is 1.30 bits per heavy atom. The van der Waals surface area contributed by atoms with Gasteiger partial charge in [-0.3, -0.25) is 9.36 Å². The van der Waals surface area contributed by atoms with Crippen molar-refractivity contribution < 1.29 is 29.6 Å². The van der Waals surface area contributed by atoms with Gasteiger partial charge in [-0.1, -0.05) is 5.21 Å². The first kappa shape index (κ1) is 20.1. The van der Waals surface area contributed by atoms with Gasteiger partial charge < -0.3 is 30.1 Å². The molecule has 30 heavy (non-hydrogen) atoms. The second-order valence-corrected chi connectivity index (χ2v) is 6.61. The van der Waals surface area contributed by atoms with Crippen molar-refractivity contribution in [2.45, 2.75) is 37.6 Å². The third kappa shape index (κ3) is 3.68. The Morgan fingerprint density at radius 2 is 2.13 bits per heavy atom. The normalized spacial score (nSPS) is 23.7. The number of anilines is 1. The molecule has 1 aliphatic heterocycles. The van der Waals surface area contributed by atoms with E-state index in [0.717, 1.165) is 0 Å². The van der Waals surface area contributed by atoms with Gasteiger partial charge in [-0.25, -0.2) is 19.6 Å². The van der Waals surface area contributed by atoms with Crippen molar-refractivity contribution in [3.63, 3.8) is 0 Å². The molecule has 4 atom stereocenters. The lowest BCUT2D eigenvalue weighted by molar-refractivity contribution is -0.141. The summed E-state index contributed by atoms with van der Waals surface area (Å²) in [6.45, 7) is -0.218. The fourth-order valence-corrected chi connectivity index (χ4v) is 3.15. The summed E-state index contributed by atoms with van der Waals surface area (Å²) in [5.74, 6) is -0.0275. The van der Waals surface area contributed by atoms with E-state index in [4.69, 9.17) is 4.74 Å². The Kier molecular flexibility index (Phi) is 5.54. The predicted octanol–water partition coefficient (Wildman–Crippen LogP) is -2.19. The van der Waals surface area contributed by atoms with Crippen LogP contribution in [0.5, 0.6) is 0 Å². The number of carbonyl (C=O) groups is 1. The van der Waals surface area contributed by atoms with E-state index < -0.39 is 37.1 Å². The number of imidazole rings is 1. The minimum atomic E-state index is -1.25. The molecule has 3 aromatic heterocycles. The standard InChI is InChI=1S/C16H20N8O6/c1-29-10(26)4-23-3-8(21-22-23)2-17-14-11-15(19-6-18-14)24(7-20-11)16-13(28)12(27)9(5-25)30-16/h3,6-7,9,12-13,16,25,27-28H,2,4-5H2,1H3,(H,17,18,19)/t9-,12-,13-,16+/m0/s1. The van der Waals surface area contributed by atoms with Gasteiger partial charge in [0.1, 0.15) is 36.9 Å². The van der Waals surface area contributed by atoms with E-state index in [2.05, 4.69) is 35.3 Å². The zero-order valence-corrected chi connectivity index (χ0v) is 15.9. The third-order valence-corrected chi connectivity index (χ3v) is 4.69. The number of ether oxygens (including phenoxy) is 2. The van der Waals surface area contributed by atoms with Crippen molar-refractivity contribution in [2.75, 3.05) is 19.0 Å². The Balaban J connectivity index is 1.51. The fraction of sp³-hybridized carbons (Fsp3) is 0.500. The van der Waals surface area contributed by atoms with Crippen LogP contribution in [0.1, 0.15) is 11.9 Å². The Hall–Kier alpha value is -3.20. The van der Waals surface area contributed by atoms with Crippen LogP contribution in [0.15, 0.2) is 18.9 Å². The minimum absolute atomic E-state index is 0.0456. The van der Waals surface area contributed by atoms with Gasteiger partial charge in [-0.05, 0) is 0 Å². The topological polar surface area (TPSA) is 183 Å². The number of aromatic nitrogens is 7. The summed E-state index contributed by atoms with van der Waals surface area (Å²) in [4.78, 5) is 23.9. The molecular weight excluding hydrogens is 400 g/mol. The van der Waals surface area contributed by atoms with Gasteiger partial charge in [0.05, 0.1) is 32.8 Å². The van der Waals surface area contributed by atoms with Crippen molar-refractivity contribution >= 4 is 23.0 Å². The number of aliphatic hydroxyl groups excluding tert-OH is 3. The van der Waals surface area contributed by atoms with Crippen molar-refractivity contribution in [3.05, 3.63) is 24.5 Å². The molecule has 0 saturated carbocycles. The molecule has 0 amide bonds. The van der Waals surface area contributed by atoms with Gasteiger partial charge >= 0.3 is 5.97 Å². The molecule has 0 unspecified atom stereocenters. The molecule has 0 bridgehead atoms. The zero-order chi connectivity index (χ0) is 21.3. The Bertz CT molecular complexity index is 1040. The van der Waals surface area contributed by atoms with Crippen molar-refractivity contribution in [1.29, 1.82) is 0 Å². The van der Waals surface area contributed by atoms with Gasteiger partial charge in [0.15, 0.2) is 23.2 Å². The lowest BCUT2D eigenvalue weighted by atomic mass is 10.1. The molecule has 14 nitrogen and oxygen atoms in total. The van der Waals surface area contributed by atoms with Crippen LogP contribution in [0.4, 0.5) is 5.82 Å². The smallest absolute Gasteiger partial charge is 0.327 e. The summed E-state index contributed by atoms with van der Waals surface area (Å²) in [5, 5.41) is 40.4. The maximum Gasteiger partial charge on any atom is 0.327 e. The summed E-state index contributed by atoms with van der Waals surface area (Å²) >= 11 is 0. The zero-order valence-electron chi connectivity index (χ0n) is 15.9. The average molecular weight is 420 g/mol. The summed E-state index contributed by atoms with van der Waals surface area (Å²) in [6.07, 6.45) is -0.0200. The molecule has 1 fully saturated rings. The Morgan fingerprint density at radius 3 is 2.87 bits per heavy atom. The lowest BCUT2D eigenvalue weighted by Crippen LogP contribution is -2.33. The fourth-order valence-electron chi connectivity index (χ4n) is 3.15. The molecule has 0 spiro atoms. The average Bonchev–Trinajstić information content (AvgIpc) is 3.45. The maximum absolute atomic E-state index is 11.3. The van der Waals surface area contributed by atoms with E-state index in [1.807, 2.05) is 0 Å². The molecule has 0 aromatic carbocycles. The van der Waals surface area contributed by atoms with Crippen LogP contribution in [0, 0.1) is 0 Å². The van der Waals surface area contributed by atoms with Crippen LogP contribution in [0.25, 0.3) is 11.2 Å². The van der Waals surface area contributed by atoms with E-state index >= 15 is 0 Å². The summed E-state index contributed by atoms with van der Waals surface area (Å²) < 4.78 is 12.9. The highest BCUT2D eigenvalue weighted by Gasteiger charge is 2.44. The third-order valence-electron chi connectivity index (χ3n) is 4.69. The van der Waals surface area contributed by atoms with E-state index in [1.165, 1.54) is 29.0 Å². The molecule has 1 aliphatic rings. The number of hydrogen-bond acceptors (Lipinski definition) is 12. The second kappa shape index (κ2) is 8.27. The van der Waals surface area contributed by atoms with Crippen LogP contribution in [0.2, 0.25) is 0 Å². The molecule has 4 rings (SSSR count). The van der Waals surface area contributed by atoms with E-state index in [-0.39, 0.29) is 13.1 Å². The highest BCUT2D eigenvalue weighted by molar-refractivity contribution is 5.82. The lowest BCUT2D eigenvalue weighted by Gasteiger charge is -2.16. The maximum atomic E-state index is 11.3. The van der Waals surface area contributed by atoms with Gasteiger partial charge in [0.25, 0.3) is 0 Å². The van der Waals surface area contributed by atoms with E-state index in [1.54, 1.807) is 6.20 Å².